The normalized spacial score (nSPS) is 12.6. The van der Waals surface area contributed by atoms with Crippen LogP contribution in [0.4, 0.5) is 0 Å². The molecular formula is C17H23N3O2S. The molecule has 1 unspecified atom stereocenters. The van der Waals surface area contributed by atoms with Gasteiger partial charge in [-0.2, -0.15) is 0 Å². The minimum absolute atomic E-state index is 0.0405. The third kappa shape index (κ3) is 4.13. The second-order valence-corrected chi connectivity index (χ2v) is 6.79. The van der Waals surface area contributed by atoms with Gasteiger partial charge in [-0.3, -0.25) is 14.2 Å². The summed E-state index contributed by atoms with van der Waals surface area (Å²) in [6.45, 7) is 8.56. The van der Waals surface area contributed by atoms with Crippen molar-refractivity contribution >= 4 is 28.6 Å². The van der Waals surface area contributed by atoms with Crippen LogP contribution >= 0.6 is 11.8 Å². The minimum Gasteiger partial charge on any atom is -0.353 e. The van der Waals surface area contributed by atoms with E-state index in [1.807, 2.05) is 32.0 Å². The third-order valence-corrected chi connectivity index (χ3v) is 4.84. The van der Waals surface area contributed by atoms with E-state index in [2.05, 4.69) is 24.1 Å². The molecule has 1 aromatic carbocycles. The zero-order valence-corrected chi connectivity index (χ0v) is 14.8. The van der Waals surface area contributed by atoms with E-state index >= 15 is 0 Å². The van der Waals surface area contributed by atoms with Crippen molar-refractivity contribution in [1.29, 1.82) is 0 Å². The first kappa shape index (κ1) is 17.5. The Labute approximate surface area is 140 Å². The highest BCUT2D eigenvalue weighted by Crippen LogP contribution is 2.17. The Kier molecular flexibility index (Phi) is 5.82. The molecule has 0 aliphatic carbocycles. The van der Waals surface area contributed by atoms with Gasteiger partial charge < -0.3 is 5.32 Å². The van der Waals surface area contributed by atoms with Gasteiger partial charge in [-0.15, -0.1) is 0 Å². The number of hydrogen-bond acceptors (Lipinski definition) is 4. The molecule has 1 aromatic heterocycles. The van der Waals surface area contributed by atoms with Crippen molar-refractivity contribution in [2.75, 3.05) is 5.75 Å². The van der Waals surface area contributed by atoms with Crippen molar-refractivity contribution in [2.24, 2.45) is 5.92 Å². The Bertz CT molecular complexity index is 755. The SMILES string of the molecule is CCn1c(SCC(=O)NC(C)C(C)C)nc2ccccc2c1=O. The highest BCUT2D eigenvalue weighted by Gasteiger charge is 2.14. The lowest BCUT2D eigenvalue weighted by atomic mass is 10.1. The van der Waals surface area contributed by atoms with Crippen molar-refractivity contribution < 1.29 is 4.79 Å². The molecule has 0 radical (unpaired) electrons. The average Bonchev–Trinajstić information content (AvgIpc) is 2.53. The van der Waals surface area contributed by atoms with Crippen LogP contribution in [0.3, 0.4) is 0 Å². The van der Waals surface area contributed by atoms with Gasteiger partial charge in [0.15, 0.2) is 5.16 Å². The average molecular weight is 333 g/mol. The van der Waals surface area contributed by atoms with Crippen LogP contribution in [0.1, 0.15) is 27.7 Å². The van der Waals surface area contributed by atoms with E-state index in [-0.39, 0.29) is 23.3 Å². The summed E-state index contributed by atoms with van der Waals surface area (Å²) in [6.07, 6.45) is 0. The van der Waals surface area contributed by atoms with E-state index in [1.54, 1.807) is 10.6 Å². The van der Waals surface area contributed by atoms with Crippen molar-refractivity contribution in [3.8, 4) is 0 Å². The molecule has 1 amide bonds. The zero-order valence-electron chi connectivity index (χ0n) is 14.0. The molecule has 6 heteroatoms. The number of benzene rings is 1. The predicted molar refractivity (Wildman–Crippen MR) is 94.8 cm³/mol. The van der Waals surface area contributed by atoms with E-state index in [0.29, 0.717) is 28.5 Å². The summed E-state index contributed by atoms with van der Waals surface area (Å²) in [7, 11) is 0. The number of amides is 1. The molecule has 0 saturated heterocycles. The van der Waals surface area contributed by atoms with Crippen LogP contribution in [-0.2, 0) is 11.3 Å². The molecule has 0 bridgehead atoms. The number of carbonyl (C=O) groups is 1. The van der Waals surface area contributed by atoms with Gasteiger partial charge in [0.05, 0.1) is 16.7 Å². The second-order valence-electron chi connectivity index (χ2n) is 5.85. The molecule has 0 saturated carbocycles. The zero-order chi connectivity index (χ0) is 17.0. The van der Waals surface area contributed by atoms with E-state index in [9.17, 15) is 9.59 Å². The third-order valence-electron chi connectivity index (χ3n) is 3.86. The molecule has 2 aromatic rings. The molecule has 1 atom stereocenters. The Balaban J connectivity index is 2.20. The maximum Gasteiger partial charge on any atom is 0.262 e. The number of fused-ring (bicyclic) bond motifs is 1. The first-order valence-electron chi connectivity index (χ1n) is 7.85. The summed E-state index contributed by atoms with van der Waals surface area (Å²) in [5.41, 5.74) is 0.609. The van der Waals surface area contributed by atoms with Crippen molar-refractivity contribution in [3.63, 3.8) is 0 Å². The number of nitrogens with zero attached hydrogens (tertiary/aromatic N) is 2. The van der Waals surface area contributed by atoms with Crippen LogP contribution in [0.5, 0.6) is 0 Å². The van der Waals surface area contributed by atoms with Gasteiger partial charge in [0.1, 0.15) is 0 Å². The van der Waals surface area contributed by atoms with E-state index in [1.165, 1.54) is 11.8 Å². The van der Waals surface area contributed by atoms with Crippen molar-refractivity contribution in [1.82, 2.24) is 14.9 Å². The maximum atomic E-state index is 12.5. The number of rotatable bonds is 6. The summed E-state index contributed by atoms with van der Waals surface area (Å²) < 4.78 is 1.62. The second kappa shape index (κ2) is 7.64. The number of para-hydroxylation sites is 1. The maximum absolute atomic E-state index is 12.5. The van der Waals surface area contributed by atoms with Gasteiger partial charge in [-0.1, -0.05) is 37.7 Å². The number of nitrogens with one attached hydrogen (secondary N) is 1. The standard InChI is InChI=1S/C17H23N3O2S/c1-5-20-16(22)13-8-6-7-9-14(13)19-17(20)23-10-15(21)18-12(4)11(2)3/h6-9,11-12H,5,10H2,1-4H3,(H,18,21). The van der Waals surface area contributed by atoms with Crippen molar-refractivity contribution in [2.45, 2.75) is 45.4 Å². The Hall–Kier alpha value is -1.82. The lowest BCUT2D eigenvalue weighted by molar-refractivity contribution is -0.119. The van der Waals surface area contributed by atoms with Crippen LogP contribution in [0, 0.1) is 5.92 Å². The Morgan fingerprint density at radius 2 is 2.00 bits per heavy atom. The first-order valence-corrected chi connectivity index (χ1v) is 8.84. The smallest absolute Gasteiger partial charge is 0.262 e. The van der Waals surface area contributed by atoms with Crippen LogP contribution in [-0.4, -0.2) is 27.3 Å². The molecule has 124 valence electrons. The molecule has 0 aliphatic heterocycles. The topological polar surface area (TPSA) is 64.0 Å². The summed E-state index contributed by atoms with van der Waals surface area (Å²) in [5, 5.41) is 4.16. The Morgan fingerprint density at radius 3 is 2.65 bits per heavy atom. The first-order chi connectivity index (χ1) is 10.9. The molecule has 0 aliphatic rings. The van der Waals surface area contributed by atoms with Gasteiger partial charge in [-0.05, 0) is 31.9 Å². The molecule has 1 N–H and O–H groups in total. The quantitative estimate of drug-likeness (QED) is 0.652. The summed E-state index contributed by atoms with van der Waals surface area (Å²) >= 11 is 1.30. The monoisotopic (exact) mass is 333 g/mol. The van der Waals surface area contributed by atoms with Crippen molar-refractivity contribution in [3.05, 3.63) is 34.6 Å². The summed E-state index contributed by atoms with van der Waals surface area (Å²) in [4.78, 5) is 29.1. The largest absolute Gasteiger partial charge is 0.353 e. The highest BCUT2D eigenvalue weighted by molar-refractivity contribution is 7.99. The molecular weight excluding hydrogens is 310 g/mol. The highest BCUT2D eigenvalue weighted by atomic mass is 32.2. The lowest BCUT2D eigenvalue weighted by Gasteiger charge is -2.17. The molecule has 2 rings (SSSR count). The van der Waals surface area contributed by atoms with E-state index in [0.717, 1.165) is 0 Å². The molecule has 0 spiro atoms. The van der Waals surface area contributed by atoms with Crippen LogP contribution < -0.4 is 10.9 Å². The fraction of sp³-hybridized carbons (Fsp3) is 0.471. The van der Waals surface area contributed by atoms with Gasteiger partial charge in [0.25, 0.3) is 5.56 Å². The lowest BCUT2D eigenvalue weighted by Crippen LogP contribution is -2.37. The van der Waals surface area contributed by atoms with Crippen LogP contribution in [0.2, 0.25) is 0 Å². The van der Waals surface area contributed by atoms with E-state index in [4.69, 9.17) is 0 Å². The fourth-order valence-corrected chi connectivity index (χ4v) is 3.00. The van der Waals surface area contributed by atoms with E-state index < -0.39 is 0 Å². The Morgan fingerprint density at radius 1 is 1.30 bits per heavy atom. The van der Waals surface area contributed by atoms with Gasteiger partial charge in [-0.25, -0.2) is 4.98 Å². The number of hydrogen-bond donors (Lipinski definition) is 1. The van der Waals surface area contributed by atoms with Crippen LogP contribution in [0.25, 0.3) is 10.9 Å². The van der Waals surface area contributed by atoms with Gasteiger partial charge >= 0.3 is 0 Å². The molecule has 1 heterocycles. The number of carbonyl (C=O) groups excluding carboxylic acids is 1. The molecule has 23 heavy (non-hydrogen) atoms. The predicted octanol–water partition coefficient (Wildman–Crippen LogP) is 2.67. The minimum atomic E-state index is -0.0587. The summed E-state index contributed by atoms with van der Waals surface area (Å²) in [5.74, 6) is 0.597. The van der Waals surface area contributed by atoms with Gasteiger partial charge in [0, 0.05) is 12.6 Å². The van der Waals surface area contributed by atoms with Gasteiger partial charge in [0.2, 0.25) is 5.91 Å². The summed E-state index contributed by atoms with van der Waals surface area (Å²) in [6, 6.07) is 7.42. The number of thioether (sulfide) groups is 1. The molecule has 0 fully saturated rings. The fourth-order valence-electron chi connectivity index (χ4n) is 2.13. The molecule has 5 nitrogen and oxygen atoms in total. The van der Waals surface area contributed by atoms with Crippen LogP contribution in [0.15, 0.2) is 34.2 Å². The number of aromatic nitrogens is 2.